The highest BCUT2D eigenvalue weighted by molar-refractivity contribution is 6.28. The largest absolute Gasteiger partial charge is 0.354 e. The number of halogens is 1. The van der Waals surface area contributed by atoms with Crippen molar-refractivity contribution in [2.24, 2.45) is 5.92 Å². The van der Waals surface area contributed by atoms with Crippen LogP contribution in [0.1, 0.15) is 19.3 Å². The first-order valence-electron chi connectivity index (χ1n) is 5.48. The molecule has 6 heteroatoms. The second kappa shape index (κ2) is 4.82. The molecule has 0 radical (unpaired) electrons. The molecule has 0 aromatic carbocycles. The van der Waals surface area contributed by atoms with Crippen LogP contribution in [-0.2, 0) is 0 Å². The Morgan fingerprint density at radius 1 is 1.31 bits per heavy atom. The summed E-state index contributed by atoms with van der Waals surface area (Å²) in [4.78, 5) is 14.1. The monoisotopic (exact) mass is 241 g/mol. The molecule has 0 bridgehead atoms. The highest BCUT2D eigenvalue weighted by Crippen LogP contribution is 2.31. The second-order valence-corrected chi connectivity index (χ2v) is 4.62. The number of hydrogen-bond acceptors (Lipinski definition) is 5. The van der Waals surface area contributed by atoms with E-state index in [1.54, 1.807) is 4.90 Å². The maximum Gasteiger partial charge on any atom is 0.230 e. The first kappa shape index (κ1) is 11.4. The van der Waals surface area contributed by atoms with Crippen molar-refractivity contribution in [2.75, 3.05) is 30.9 Å². The van der Waals surface area contributed by atoms with Gasteiger partial charge in [-0.1, -0.05) is 12.8 Å². The predicted octanol–water partition coefficient (Wildman–Crippen LogP) is 1.80. The van der Waals surface area contributed by atoms with Crippen LogP contribution in [0.2, 0.25) is 5.28 Å². The van der Waals surface area contributed by atoms with Gasteiger partial charge >= 0.3 is 0 Å². The molecule has 0 atom stereocenters. The van der Waals surface area contributed by atoms with E-state index in [1.165, 1.54) is 19.3 Å². The number of aromatic nitrogens is 3. The van der Waals surface area contributed by atoms with Gasteiger partial charge in [0.25, 0.3) is 0 Å². The zero-order valence-electron chi connectivity index (χ0n) is 9.57. The summed E-state index contributed by atoms with van der Waals surface area (Å²) in [6.07, 6.45) is 3.91. The average molecular weight is 242 g/mol. The van der Waals surface area contributed by atoms with E-state index in [1.807, 2.05) is 14.1 Å². The van der Waals surface area contributed by atoms with Crippen LogP contribution in [0, 0.1) is 5.92 Å². The lowest BCUT2D eigenvalue weighted by atomic mass is 10.3. The lowest BCUT2D eigenvalue weighted by Gasteiger charge is -2.11. The molecule has 16 heavy (non-hydrogen) atoms. The van der Waals surface area contributed by atoms with Crippen LogP contribution in [0.3, 0.4) is 0 Å². The summed E-state index contributed by atoms with van der Waals surface area (Å²) >= 11 is 5.82. The molecular weight excluding hydrogens is 226 g/mol. The third-order valence-corrected chi connectivity index (χ3v) is 2.70. The number of nitrogens with zero attached hydrogens (tertiary/aromatic N) is 4. The van der Waals surface area contributed by atoms with Gasteiger partial charge in [0.05, 0.1) is 0 Å². The third-order valence-electron chi connectivity index (χ3n) is 2.53. The first-order chi connectivity index (χ1) is 7.65. The van der Waals surface area contributed by atoms with Crippen LogP contribution in [0.5, 0.6) is 0 Å². The average Bonchev–Trinajstić information content (AvgIpc) is 3.01. The van der Waals surface area contributed by atoms with Crippen molar-refractivity contribution in [1.82, 2.24) is 15.0 Å². The van der Waals surface area contributed by atoms with Gasteiger partial charge in [-0.25, -0.2) is 0 Å². The highest BCUT2D eigenvalue weighted by Gasteiger charge is 2.20. The summed E-state index contributed by atoms with van der Waals surface area (Å²) < 4.78 is 0. The second-order valence-electron chi connectivity index (χ2n) is 4.28. The summed E-state index contributed by atoms with van der Waals surface area (Å²) in [5.41, 5.74) is 0. The SMILES string of the molecule is CN(C)c1nc(Cl)nc(NCCC2CC2)n1. The van der Waals surface area contributed by atoms with Gasteiger partial charge in [-0.3, -0.25) is 0 Å². The Bertz CT molecular complexity index is 364. The highest BCUT2D eigenvalue weighted by atomic mass is 35.5. The normalized spacial score (nSPS) is 14.9. The number of anilines is 2. The van der Waals surface area contributed by atoms with Gasteiger partial charge in [0, 0.05) is 20.6 Å². The van der Waals surface area contributed by atoms with Crippen molar-refractivity contribution in [3.8, 4) is 0 Å². The minimum atomic E-state index is 0.229. The number of nitrogens with one attached hydrogen (secondary N) is 1. The molecule has 1 N–H and O–H groups in total. The van der Waals surface area contributed by atoms with Crippen molar-refractivity contribution < 1.29 is 0 Å². The fourth-order valence-corrected chi connectivity index (χ4v) is 1.57. The molecule has 1 heterocycles. The van der Waals surface area contributed by atoms with Crippen LogP contribution in [0.4, 0.5) is 11.9 Å². The molecule has 1 aliphatic rings. The molecule has 1 aromatic heterocycles. The van der Waals surface area contributed by atoms with E-state index >= 15 is 0 Å². The molecule has 0 aliphatic heterocycles. The fraction of sp³-hybridized carbons (Fsp3) is 0.700. The molecule has 1 fully saturated rings. The minimum absolute atomic E-state index is 0.229. The summed E-state index contributed by atoms with van der Waals surface area (Å²) in [5, 5.41) is 3.41. The Kier molecular flexibility index (Phi) is 3.43. The molecule has 1 saturated carbocycles. The van der Waals surface area contributed by atoms with Crippen LogP contribution < -0.4 is 10.2 Å². The van der Waals surface area contributed by atoms with E-state index in [4.69, 9.17) is 11.6 Å². The van der Waals surface area contributed by atoms with Crippen molar-refractivity contribution in [2.45, 2.75) is 19.3 Å². The lowest BCUT2D eigenvalue weighted by Crippen LogP contribution is -2.15. The van der Waals surface area contributed by atoms with Gasteiger partial charge < -0.3 is 10.2 Å². The molecule has 1 aromatic rings. The summed E-state index contributed by atoms with van der Waals surface area (Å²) in [6.45, 7) is 0.901. The standard InChI is InChI=1S/C10H16ClN5/c1-16(2)10-14-8(11)13-9(15-10)12-6-5-7-3-4-7/h7H,3-6H2,1-2H3,(H,12,13,14,15). The Morgan fingerprint density at radius 2 is 2.06 bits per heavy atom. The van der Waals surface area contributed by atoms with E-state index < -0.39 is 0 Å². The molecule has 0 unspecified atom stereocenters. The zero-order valence-corrected chi connectivity index (χ0v) is 10.3. The fourth-order valence-electron chi connectivity index (χ4n) is 1.41. The molecule has 5 nitrogen and oxygen atoms in total. The molecule has 1 aliphatic carbocycles. The molecule has 2 rings (SSSR count). The van der Waals surface area contributed by atoms with Gasteiger partial charge in [0.2, 0.25) is 17.2 Å². The van der Waals surface area contributed by atoms with Crippen molar-refractivity contribution in [3.63, 3.8) is 0 Å². The van der Waals surface area contributed by atoms with E-state index in [-0.39, 0.29) is 5.28 Å². The quantitative estimate of drug-likeness (QED) is 0.852. The van der Waals surface area contributed by atoms with Crippen molar-refractivity contribution in [3.05, 3.63) is 5.28 Å². The molecule has 0 spiro atoms. The summed E-state index contributed by atoms with van der Waals surface area (Å²) in [5.74, 6) is 2.04. The Morgan fingerprint density at radius 3 is 2.69 bits per heavy atom. The smallest absolute Gasteiger partial charge is 0.230 e. The third kappa shape index (κ3) is 3.20. The van der Waals surface area contributed by atoms with Crippen LogP contribution >= 0.6 is 11.6 Å². The van der Waals surface area contributed by atoms with Gasteiger partial charge in [-0.2, -0.15) is 15.0 Å². The van der Waals surface area contributed by atoms with E-state index in [2.05, 4.69) is 20.3 Å². The van der Waals surface area contributed by atoms with E-state index in [9.17, 15) is 0 Å². The van der Waals surface area contributed by atoms with Crippen LogP contribution in [0.15, 0.2) is 0 Å². The number of rotatable bonds is 5. The maximum atomic E-state index is 5.82. The molecule has 0 amide bonds. The lowest BCUT2D eigenvalue weighted by molar-refractivity contribution is 0.754. The van der Waals surface area contributed by atoms with E-state index in [0.29, 0.717) is 11.9 Å². The molecule has 88 valence electrons. The maximum absolute atomic E-state index is 5.82. The van der Waals surface area contributed by atoms with Gasteiger partial charge in [0.1, 0.15) is 0 Å². The summed E-state index contributed by atoms with van der Waals surface area (Å²) in [7, 11) is 3.75. The van der Waals surface area contributed by atoms with Crippen molar-refractivity contribution >= 4 is 23.5 Å². The number of hydrogen-bond donors (Lipinski definition) is 1. The Labute approximate surface area is 100 Å². The van der Waals surface area contributed by atoms with Gasteiger partial charge in [-0.15, -0.1) is 0 Å². The Balaban J connectivity index is 1.95. The topological polar surface area (TPSA) is 53.9 Å². The first-order valence-corrected chi connectivity index (χ1v) is 5.85. The minimum Gasteiger partial charge on any atom is -0.354 e. The predicted molar refractivity (Wildman–Crippen MR) is 65.0 cm³/mol. The summed E-state index contributed by atoms with van der Waals surface area (Å²) in [6, 6.07) is 0. The van der Waals surface area contributed by atoms with Crippen molar-refractivity contribution in [1.29, 1.82) is 0 Å². The Hall–Kier alpha value is -1.10. The molecule has 0 saturated heterocycles. The van der Waals surface area contributed by atoms with E-state index in [0.717, 1.165) is 12.5 Å². The zero-order chi connectivity index (χ0) is 11.5. The molecular formula is C10H16ClN5. The van der Waals surface area contributed by atoms with Crippen LogP contribution in [-0.4, -0.2) is 35.6 Å². The van der Waals surface area contributed by atoms with Crippen LogP contribution in [0.25, 0.3) is 0 Å². The van der Waals surface area contributed by atoms with Gasteiger partial charge in [-0.05, 0) is 23.9 Å². The van der Waals surface area contributed by atoms with Gasteiger partial charge in [0.15, 0.2) is 0 Å².